The first-order valence-corrected chi connectivity index (χ1v) is 9.31. The Balaban J connectivity index is 1.53. The van der Waals surface area contributed by atoms with E-state index in [9.17, 15) is 0 Å². The summed E-state index contributed by atoms with van der Waals surface area (Å²) in [5.74, 6) is 2.75. The second kappa shape index (κ2) is 7.08. The molecule has 5 heteroatoms. The molecule has 0 radical (unpaired) electrons. The predicted molar refractivity (Wildman–Crippen MR) is 97.2 cm³/mol. The first-order valence-electron chi connectivity index (χ1n) is 9.31. The first kappa shape index (κ1) is 16.5. The second-order valence-corrected chi connectivity index (χ2v) is 7.07. The minimum absolute atomic E-state index is 0.402. The summed E-state index contributed by atoms with van der Waals surface area (Å²) in [5.41, 5.74) is 3.93. The highest BCUT2D eigenvalue weighted by atomic mass is 16.5. The highest BCUT2D eigenvalue weighted by Gasteiger charge is 2.29. The normalized spacial score (nSPS) is 20.5. The van der Waals surface area contributed by atoms with Gasteiger partial charge in [0.05, 0.1) is 26.0 Å². The topological polar surface area (TPSA) is 50.4 Å². The van der Waals surface area contributed by atoms with Gasteiger partial charge in [0.15, 0.2) is 11.5 Å². The number of hydrogen-bond donors (Lipinski definition) is 1. The van der Waals surface area contributed by atoms with Crippen LogP contribution >= 0.6 is 0 Å². The van der Waals surface area contributed by atoms with Crippen molar-refractivity contribution in [2.45, 2.75) is 51.1 Å². The summed E-state index contributed by atoms with van der Waals surface area (Å²) < 4.78 is 10.8. The van der Waals surface area contributed by atoms with Gasteiger partial charge in [-0.2, -0.15) is 0 Å². The maximum absolute atomic E-state index is 5.45. The number of methoxy groups -OCH3 is 2. The number of aromatic amines is 1. The summed E-state index contributed by atoms with van der Waals surface area (Å²) in [7, 11) is 3.36. The maximum Gasteiger partial charge on any atom is 0.161 e. The number of aryl methyl sites for hydroxylation is 2. The van der Waals surface area contributed by atoms with E-state index in [1.54, 1.807) is 14.2 Å². The minimum Gasteiger partial charge on any atom is -0.493 e. The zero-order valence-electron chi connectivity index (χ0n) is 15.2. The molecule has 5 nitrogen and oxygen atoms in total. The van der Waals surface area contributed by atoms with Gasteiger partial charge in [-0.25, -0.2) is 4.98 Å². The lowest BCUT2D eigenvalue weighted by Crippen LogP contribution is -2.23. The first-order chi connectivity index (χ1) is 12.3. The summed E-state index contributed by atoms with van der Waals surface area (Å²) in [4.78, 5) is 11.1. The fourth-order valence-electron chi connectivity index (χ4n) is 4.17. The molecule has 1 aromatic carbocycles. The molecule has 1 aliphatic carbocycles. The van der Waals surface area contributed by atoms with Gasteiger partial charge in [0.1, 0.15) is 5.82 Å². The molecular formula is C20H27N3O2. The van der Waals surface area contributed by atoms with Gasteiger partial charge in [-0.05, 0) is 62.8 Å². The number of benzene rings is 1. The van der Waals surface area contributed by atoms with Gasteiger partial charge in [0.25, 0.3) is 0 Å². The van der Waals surface area contributed by atoms with Gasteiger partial charge < -0.3 is 14.5 Å². The second-order valence-electron chi connectivity index (χ2n) is 7.07. The summed E-state index contributed by atoms with van der Waals surface area (Å²) in [6.45, 7) is 2.03. The number of fused-ring (bicyclic) bond motifs is 1. The maximum atomic E-state index is 5.45. The molecule has 2 heterocycles. The Bertz CT molecular complexity index is 717. The number of H-pyrrole nitrogens is 1. The smallest absolute Gasteiger partial charge is 0.161 e. The molecule has 2 aliphatic rings. The average molecular weight is 341 g/mol. The van der Waals surface area contributed by atoms with Crippen molar-refractivity contribution in [1.29, 1.82) is 0 Å². The van der Waals surface area contributed by atoms with E-state index < -0.39 is 0 Å². The zero-order chi connectivity index (χ0) is 17.2. The van der Waals surface area contributed by atoms with Gasteiger partial charge in [0.2, 0.25) is 0 Å². The summed E-state index contributed by atoms with van der Waals surface area (Å²) in [5, 5.41) is 0. The van der Waals surface area contributed by atoms with Gasteiger partial charge in [0, 0.05) is 12.2 Å². The monoisotopic (exact) mass is 341 g/mol. The van der Waals surface area contributed by atoms with Crippen molar-refractivity contribution >= 4 is 0 Å². The molecule has 1 saturated heterocycles. The number of nitrogens with one attached hydrogen (secondary N) is 1. The van der Waals surface area contributed by atoms with Crippen molar-refractivity contribution in [3.05, 3.63) is 41.0 Å². The molecule has 0 spiro atoms. The lowest BCUT2D eigenvalue weighted by atomic mass is 10.0. The standard InChI is InChI=1S/C20H27N3O2/c1-24-18-10-9-14(12-19(18)25-2)13-23-11-5-8-17(23)20-21-15-6-3-4-7-16(15)22-20/h9-10,12,17H,3-8,11,13H2,1-2H3,(H,21,22)/t17-/m1/s1. The lowest BCUT2D eigenvalue weighted by Gasteiger charge is -2.23. The molecular weight excluding hydrogens is 314 g/mol. The summed E-state index contributed by atoms with van der Waals surface area (Å²) in [6.07, 6.45) is 7.26. The van der Waals surface area contributed by atoms with Crippen LogP contribution in [-0.2, 0) is 19.4 Å². The third kappa shape index (κ3) is 3.25. The third-order valence-electron chi connectivity index (χ3n) is 5.49. The van der Waals surface area contributed by atoms with Crippen molar-refractivity contribution in [2.24, 2.45) is 0 Å². The van der Waals surface area contributed by atoms with Crippen LogP contribution in [0.4, 0.5) is 0 Å². The van der Waals surface area contributed by atoms with Crippen molar-refractivity contribution in [2.75, 3.05) is 20.8 Å². The van der Waals surface area contributed by atoms with E-state index in [2.05, 4.69) is 22.0 Å². The molecule has 1 aromatic heterocycles. The Morgan fingerprint density at radius 3 is 2.76 bits per heavy atom. The van der Waals surface area contributed by atoms with Crippen molar-refractivity contribution < 1.29 is 9.47 Å². The van der Waals surface area contributed by atoms with Crippen LogP contribution in [0.15, 0.2) is 18.2 Å². The van der Waals surface area contributed by atoms with Crippen LogP contribution in [0.25, 0.3) is 0 Å². The minimum atomic E-state index is 0.402. The van der Waals surface area contributed by atoms with Gasteiger partial charge in [-0.1, -0.05) is 6.07 Å². The Hall–Kier alpha value is -2.01. The molecule has 1 fully saturated rings. The number of likely N-dealkylation sites (tertiary alicyclic amines) is 1. The highest BCUT2D eigenvalue weighted by Crippen LogP contribution is 2.35. The molecule has 1 aliphatic heterocycles. The van der Waals surface area contributed by atoms with Crippen molar-refractivity contribution in [3.8, 4) is 11.5 Å². The molecule has 1 N–H and O–H groups in total. The molecule has 4 rings (SSSR count). The van der Waals surface area contributed by atoms with E-state index in [1.165, 1.54) is 48.5 Å². The van der Waals surface area contributed by atoms with E-state index in [4.69, 9.17) is 14.5 Å². The van der Waals surface area contributed by atoms with Crippen LogP contribution < -0.4 is 9.47 Å². The van der Waals surface area contributed by atoms with Crippen LogP contribution in [0.5, 0.6) is 11.5 Å². The van der Waals surface area contributed by atoms with Crippen molar-refractivity contribution in [3.63, 3.8) is 0 Å². The largest absolute Gasteiger partial charge is 0.493 e. The Morgan fingerprint density at radius 1 is 1.12 bits per heavy atom. The SMILES string of the molecule is COc1ccc(CN2CCC[C@@H]2c2nc3c([nH]2)CCCC3)cc1OC. The Morgan fingerprint density at radius 2 is 1.96 bits per heavy atom. The zero-order valence-corrected chi connectivity index (χ0v) is 15.2. The lowest BCUT2D eigenvalue weighted by molar-refractivity contribution is 0.240. The van der Waals surface area contributed by atoms with Gasteiger partial charge >= 0.3 is 0 Å². The average Bonchev–Trinajstić information content (AvgIpc) is 3.27. The fraction of sp³-hybridized carbons (Fsp3) is 0.550. The Kier molecular flexibility index (Phi) is 4.66. The van der Waals surface area contributed by atoms with Crippen molar-refractivity contribution in [1.82, 2.24) is 14.9 Å². The van der Waals surface area contributed by atoms with Gasteiger partial charge in [-0.3, -0.25) is 4.90 Å². The fourth-order valence-corrected chi connectivity index (χ4v) is 4.17. The summed E-state index contributed by atoms with van der Waals surface area (Å²) in [6, 6.07) is 6.61. The number of nitrogens with zero attached hydrogens (tertiary/aromatic N) is 2. The molecule has 0 amide bonds. The molecule has 25 heavy (non-hydrogen) atoms. The Labute approximate surface area is 149 Å². The number of imidazole rings is 1. The number of hydrogen-bond acceptors (Lipinski definition) is 4. The molecule has 0 unspecified atom stereocenters. The van der Waals surface area contributed by atoms with Gasteiger partial charge in [-0.15, -0.1) is 0 Å². The van der Waals surface area contributed by atoms with E-state index in [-0.39, 0.29) is 0 Å². The van der Waals surface area contributed by atoms with Crippen LogP contribution in [0, 0.1) is 0 Å². The predicted octanol–water partition coefficient (Wildman–Crippen LogP) is 3.64. The van der Waals surface area contributed by atoms with E-state index in [0.29, 0.717) is 6.04 Å². The van der Waals surface area contributed by atoms with E-state index in [0.717, 1.165) is 37.4 Å². The van der Waals surface area contributed by atoms with Crippen LogP contribution in [0.3, 0.4) is 0 Å². The van der Waals surface area contributed by atoms with E-state index in [1.807, 2.05) is 6.07 Å². The molecule has 2 aromatic rings. The quantitative estimate of drug-likeness (QED) is 0.902. The molecule has 1 atom stereocenters. The summed E-state index contributed by atoms with van der Waals surface area (Å²) >= 11 is 0. The number of ether oxygens (including phenoxy) is 2. The molecule has 0 saturated carbocycles. The van der Waals surface area contributed by atoms with Crippen LogP contribution in [0.2, 0.25) is 0 Å². The highest BCUT2D eigenvalue weighted by molar-refractivity contribution is 5.42. The third-order valence-corrected chi connectivity index (χ3v) is 5.49. The molecule has 134 valence electrons. The van der Waals surface area contributed by atoms with Crippen LogP contribution in [-0.4, -0.2) is 35.6 Å². The van der Waals surface area contributed by atoms with E-state index >= 15 is 0 Å². The number of rotatable bonds is 5. The number of aromatic nitrogens is 2. The molecule has 0 bridgehead atoms. The van der Waals surface area contributed by atoms with Crippen LogP contribution in [0.1, 0.15) is 54.5 Å².